The van der Waals surface area contributed by atoms with E-state index in [0.717, 1.165) is 36.1 Å². The zero-order chi connectivity index (χ0) is 15.1. The first-order chi connectivity index (χ1) is 10.8. The minimum atomic E-state index is -0.0596. The normalized spacial score (nSPS) is 18.3. The molecule has 1 saturated heterocycles. The van der Waals surface area contributed by atoms with Gasteiger partial charge in [0, 0.05) is 17.5 Å². The number of fused-ring (bicyclic) bond motifs is 3. The molecule has 0 spiro atoms. The maximum atomic E-state index is 12.6. The first-order valence-electron chi connectivity index (χ1n) is 7.43. The Hall–Kier alpha value is -2.34. The van der Waals surface area contributed by atoms with Gasteiger partial charge in [-0.2, -0.15) is 0 Å². The fraction of sp³-hybridized carbons (Fsp3) is 0.375. The van der Waals surface area contributed by atoms with Crippen molar-refractivity contribution in [3.05, 3.63) is 34.9 Å². The van der Waals surface area contributed by atoms with Crippen molar-refractivity contribution in [3.8, 4) is 5.75 Å². The number of nitrogens with zero attached hydrogens (tertiary/aromatic N) is 2. The summed E-state index contributed by atoms with van der Waals surface area (Å²) in [5.41, 5.74) is 2.04. The molecule has 0 aliphatic carbocycles. The number of nitrogens with one attached hydrogen (secondary N) is 1. The second-order valence-electron chi connectivity index (χ2n) is 5.60. The molecule has 0 bridgehead atoms. The summed E-state index contributed by atoms with van der Waals surface area (Å²) >= 11 is 0. The minimum Gasteiger partial charge on any atom is -0.497 e. The molecule has 114 valence electrons. The summed E-state index contributed by atoms with van der Waals surface area (Å²) in [6.45, 7) is 1.34. The van der Waals surface area contributed by atoms with E-state index >= 15 is 0 Å². The van der Waals surface area contributed by atoms with E-state index in [0.29, 0.717) is 17.6 Å². The zero-order valence-corrected chi connectivity index (χ0v) is 12.3. The molecule has 3 heterocycles. The molecular weight excluding hydrogens is 282 g/mol. The van der Waals surface area contributed by atoms with Gasteiger partial charge in [0.05, 0.1) is 26.1 Å². The van der Waals surface area contributed by atoms with Crippen LogP contribution in [0.5, 0.6) is 5.75 Å². The van der Waals surface area contributed by atoms with Gasteiger partial charge in [-0.25, -0.2) is 4.98 Å². The summed E-state index contributed by atoms with van der Waals surface area (Å²) in [4.78, 5) is 20.3. The number of aromatic nitrogens is 3. The van der Waals surface area contributed by atoms with Gasteiger partial charge < -0.3 is 14.5 Å². The molecule has 1 aromatic carbocycles. The number of hydrogen-bond donors (Lipinski definition) is 1. The second-order valence-corrected chi connectivity index (χ2v) is 5.60. The molecule has 6 nitrogen and oxygen atoms in total. The molecule has 0 radical (unpaired) electrons. The van der Waals surface area contributed by atoms with Crippen LogP contribution in [0.4, 0.5) is 0 Å². The van der Waals surface area contributed by atoms with Crippen LogP contribution in [0.1, 0.15) is 12.8 Å². The maximum absolute atomic E-state index is 12.6. The van der Waals surface area contributed by atoms with Gasteiger partial charge >= 0.3 is 0 Å². The topological polar surface area (TPSA) is 69.1 Å². The fourth-order valence-corrected chi connectivity index (χ4v) is 3.03. The lowest BCUT2D eigenvalue weighted by Crippen LogP contribution is -2.26. The van der Waals surface area contributed by atoms with Crippen molar-refractivity contribution in [1.82, 2.24) is 14.5 Å². The highest BCUT2D eigenvalue weighted by molar-refractivity contribution is 6.04. The van der Waals surface area contributed by atoms with Gasteiger partial charge in [0.2, 0.25) is 0 Å². The molecule has 1 fully saturated rings. The third kappa shape index (κ3) is 2.07. The Bertz CT molecular complexity index is 891. The molecule has 1 atom stereocenters. The third-order valence-electron chi connectivity index (χ3n) is 4.20. The average molecular weight is 299 g/mol. The molecule has 22 heavy (non-hydrogen) atoms. The molecule has 4 rings (SSSR count). The maximum Gasteiger partial charge on any atom is 0.277 e. The lowest BCUT2D eigenvalue weighted by atomic mass is 10.2. The minimum absolute atomic E-state index is 0.0596. The van der Waals surface area contributed by atoms with Crippen molar-refractivity contribution in [2.24, 2.45) is 0 Å². The predicted octanol–water partition coefficient (Wildman–Crippen LogP) is 2.07. The highest BCUT2D eigenvalue weighted by Gasteiger charge is 2.18. The predicted molar refractivity (Wildman–Crippen MR) is 83.4 cm³/mol. The van der Waals surface area contributed by atoms with Crippen molar-refractivity contribution in [3.63, 3.8) is 0 Å². The van der Waals surface area contributed by atoms with Crippen LogP contribution < -0.4 is 10.3 Å². The first-order valence-corrected chi connectivity index (χ1v) is 7.43. The van der Waals surface area contributed by atoms with E-state index in [4.69, 9.17) is 9.47 Å². The van der Waals surface area contributed by atoms with Crippen molar-refractivity contribution in [2.75, 3.05) is 13.7 Å². The summed E-state index contributed by atoms with van der Waals surface area (Å²) in [7, 11) is 1.62. The van der Waals surface area contributed by atoms with Gasteiger partial charge in [-0.15, -0.1) is 0 Å². The van der Waals surface area contributed by atoms with E-state index in [9.17, 15) is 4.79 Å². The fourth-order valence-electron chi connectivity index (χ4n) is 3.03. The van der Waals surface area contributed by atoms with E-state index in [2.05, 4.69) is 9.97 Å². The van der Waals surface area contributed by atoms with Gasteiger partial charge in [-0.05, 0) is 31.0 Å². The monoisotopic (exact) mass is 299 g/mol. The molecule has 2 aromatic heterocycles. The van der Waals surface area contributed by atoms with Crippen molar-refractivity contribution in [1.29, 1.82) is 0 Å². The highest BCUT2D eigenvalue weighted by atomic mass is 16.5. The first kappa shape index (κ1) is 13.3. The molecule has 1 unspecified atom stereocenters. The Morgan fingerprint density at radius 3 is 3.18 bits per heavy atom. The standard InChI is InChI=1S/C16H17N3O3/c1-21-10-4-5-13-12(7-10)14-15(18-13)16(20)19(9-17-14)8-11-3-2-6-22-11/h4-5,7,9,11,18H,2-3,6,8H2,1H3. The summed E-state index contributed by atoms with van der Waals surface area (Å²) in [5, 5.41) is 0.899. The third-order valence-corrected chi connectivity index (χ3v) is 4.20. The number of hydrogen-bond acceptors (Lipinski definition) is 4. The highest BCUT2D eigenvalue weighted by Crippen LogP contribution is 2.25. The molecule has 1 aliphatic heterocycles. The number of methoxy groups -OCH3 is 1. The Labute approximate surface area is 126 Å². The number of benzene rings is 1. The summed E-state index contributed by atoms with van der Waals surface area (Å²) in [6.07, 6.45) is 3.77. The summed E-state index contributed by atoms with van der Waals surface area (Å²) in [5.74, 6) is 0.749. The van der Waals surface area contributed by atoms with Crippen LogP contribution in [0.25, 0.3) is 21.9 Å². The quantitative estimate of drug-likeness (QED) is 0.804. The van der Waals surface area contributed by atoms with Crippen molar-refractivity contribution < 1.29 is 9.47 Å². The molecule has 3 aromatic rings. The molecule has 6 heteroatoms. The zero-order valence-electron chi connectivity index (χ0n) is 12.3. The largest absolute Gasteiger partial charge is 0.497 e. The van der Waals surface area contributed by atoms with E-state index in [1.165, 1.54) is 0 Å². The Balaban J connectivity index is 1.84. The smallest absolute Gasteiger partial charge is 0.277 e. The molecular formula is C16H17N3O3. The molecule has 1 aliphatic rings. The molecule has 0 saturated carbocycles. The Kier molecular flexibility index (Phi) is 3.11. The Morgan fingerprint density at radius 1 is 1.50 bits per heavy atom. The van der Waals surface area contributed by atoms with Crippen LogP contribution in [0, 0.1) is 0 Å². The van der Waals surface area contributed by atoms with Crippen LogP contribution in [-0.4, -0.2) is 34.4 Å². The summed E-state index contributed by atoms with van der Waals surface area (Å²) < 4.78 is 12.5. The molecule has 1 N–H and O–H groups in total. The van der Waals surface area contributed by atoms with E-state index < -0.39 is 0 Å². The van der Waals surface area contributed by atoms with Crippen LogP contribution in [0.3, 0.4) is 0 Å². The van der Waals surface area contributed by atoms with E-state index in [-0.39, 0.29) is 11.7 Å². The lowest BCUT2D eigenvalue weighted by molar-refractivity contribution is 0.0960. The van der Waals surface area contributed by atoms with Gasteiger partial charge in [0.25, 0.3) is 5.56 Å². The van der Waals surface area contributed by atoms with Gasteiger partial charge in [-0.1, -0.05) is 0 Å². The number of aromatic amines is 1. The van der Waals surface area contributed by atoms with Crippen molar-refractivity contribution in [2.45, 2.75) is 25.5 Å². The summed E-state index contributed by atoms with van der Waals surface area (Å²) in [6, 6.07) is 5.66. The van der Waals surface area contributed by atoms with Crippen LogP contribution in [0.2, 0.25) is 0 Å². The van der Waals surface area contributed by atoms with Crippen molar-refractivity contribution >= 4 is 21.9 Å². The van der Waals surface area contributed by atoms with E-state index in [1.807, 2.05) is 18.2 Å². The molecule has 0 amide bonds. The second kappa shape index (κ2) is 5.14. The van der Waals surface area contributed by atoms with Gasteiger partial charge in [0.1, 0.15) is 16.8 Å². The Morgan fingerprint density at radius 2 is 2.41 bits per heavy atom. The van der Waals surface area contributed by atoms with Gasteiger partial charge in [-0.3, -0.25) is 9.36 Å². The van der Waals surface area contributed by atoms with Crippen LogP contribution >= 0.6 is 0 Å². The number of ether oxygens (including phenoxy) is 2. The number of H-pyrrole nitrogens is 1. The number of rotatable bonds is 3. The van der Waals surface area contributed by atoms with E-state index in [1.54, 1.807) is 18.0 Å². The average Bonchev–Trinajstić information content (AvgIpc) is 3.17. The van der Waals surface area contributed by atoms with Crippen LogP contribution in [-0.2, 0) is 11.3 Å². The van der Waals surface area contributed by atoms with Gasteiger partial charge in [0.15, 0.2) is 0 Å². The SMILES string of the molecule is COc1ccc2[nH]c3c(=O)n(CC4CCCO4)cnc3c2c1. The van der Waals surface area contributed by atoms with Crippen LogP contribution in [0.15, 0.2) is 29.3 Å². The lowest BCUT2D eigenvalue weighted by Gasteiger charge is -2.10.